The first-order valence-corrected chi connectivity index (χ1v) is 6.14. The van der Waals surface area contributed by atoms with Gasteiger partial charge in [-0.2, -0.15) is 0 Å². The quantitative estimate of drug-likeness (QED) is 0.523. The highest BCUT2D eigenvalue weighted by Gasteiger charge is 2.11. The Morgan fingerprint density at radius 2 is 2.00 bits per heavy atom. The summed E-state index contributed by atoms with van der Waals surface area (Å²) in [7, 11) is 0. The molecule has 0 fully saturated rings. The number of nitrogens with zero attached hydrogens (tertiary/aromatic N) is 2. The second-order valence-electron chi connectivity index (χ2n) is 4.79. The number of nitrogen functional groups attached to an aromatic ring is 1. The molecule has 4 N–H and O–H groups in total. The summed E-state index contributed by atoms with van der Waals surface area (Å²) >= 11 is 0. The van der Waals surface area contributed by atoms with Crippen molar-refractivity contribution in [1.82, 2.24) is 15.5 Å². The van der Waals surface area contributed by atoms with Crippen LogP contribution in [0.5, 0.6) is 0 Å². The maximum Gasteiger partial charge on any atom is 0.272 e. The number of aromatic nitrogens is 2. The predicted octanol–water partition coefficient (Wildman–Crippen LogP) is 1.32. The molecule has 1 rings (SSSR count). The van der Waals surface area contributed by atoms with E-state index in [2.05, 4.69) is 34.8 Å². The number of rotatable bonds is 6. The topological polar surface area (TPSA) is 92.9 Å². The lowest BCUT2D eigenvalue weighted by molar-refractivity contribution is 0.0931. The molecule has 1 amide bonds. The van der Waals surface area contributed by atoms with Gasteiger partial charge < -0.3 is 10.7 Å². The fourth-order valence-corrected chi connectivity index (χ4v) is 1.48. The monoisotopic (exact) mass is 251 g/mol. The number of anilines is 1. The van der Waals surface area contributed by atoms with Crippen LogP contribution in [-0.4, -0.2) is 22.1 Å². The van der Waals surface area contributed by atoms with E-state index in [1.165, 1.54) is 0 Å². The second-order valence-corrected chi connectivity index (χ2v) is 4.79. The Morgan fingerprint density at radius 1 is 1.28 bits per heavy atom. The third-order valence-corrected chi connectivity index (χ3v) is 2.60. The molecule has 100 valence electrons. The molecule has 6 heteroatoms. The van der Waals surface area contributed by atoms with Crippen molar-refractivity contribution in [3.8, 4) is 0 Å². The summed E-state index contributed by atoms with van der Waals surface area (Å²) in [5, 5.41) is 10.4. The van der Waals surface area contributed by atoms with Gasteiger partial charge >= 0.3 is 0 Å². The lowest BCUT2D eigenvalue weighted by atomic mass is 10.0. The SMILES string of the molecule is CC(C)CCC(C)NC(=O)c1ccc(NN)nn1. The van der Waals surface area contributed by atoms with Gasteiger partial charge in [0, 0.05) is 6.04 Å². The van der Waals surface area contributed by atoms with Crippen LogP contribution in [0.15, 0.2) is 12.1 Å². The average Bonchev–Trinajstić information content (AvgIpc) is 2.36. The third-order valence-electron chi connectivity index (χ3n) is 2.60. The molecule has 1 atom stereocenters. The van der Waals surface area contributed by atoms with E-state index in [0.29, 0.717) is 17.4 Å². The van der Waals surface area contributed by atoms with Gasteiger partial charge in [-0.25, -0.2) is 5.84 Å². The molecule has 0 aliphatic carbocycles. The number of nitrogens with one attached hydrogen (secondary N) is 2. The largest absolute Gasteiger partial charge is 0.348 e. The van der Waals surface area contributed by atoms with Crippen molar-refractivity contribution in [2.75, 3.05) is 5.43 Å². The highest BCUT2D eigenvalue weighted by molar-refractivity contribution is 5.92. The molecule has 1 aromatic rings. The molecule has 0 spiro atoms. The van der Waals surface area contributed by atoms with Gasteiger partial charge in [0.05, 0.1) is 0 Å². The van der Waals surface area contributed by atoms with Crippen LogP contribution in [0, 0.1) is 5.92 Å². The van der Waals surface area contributed by atoms with Crippen molar-refractivity contribution in [2.45, 2.75) is 39.7 Å². The molecule has 1 unspecified atom stereocenters. The Labute approximate surface area is 107 Å². The van der Waals surface area contributed by atoms with Crippen LogP contribution in [0.1, 0.15) is 44.1 Å². The molecule has 1 heterocycles. The lowest BCUT2D eigenvalue weighted by Crippen LogP contribution is -2.33. The molecule has 0 saturated carbocycles. The van der Waals surface area contributed by atoms with E-state index < -0.39 is 0 Å². The van der Waals surface area contributed by atoms with E-state index in [0.717, 1.165) is 12.8 Å². The number of amides is 1. The van der Waals surface area contributed by atoms with E-state index in [9.17, 15) is 4.79 Å². The molecule has 0 aromatic carbocycles. The van der Waals surface area contributed by atoms with E-state index in [1.54, 1.807) is 12.1 Å². The smallest absolute Gasteiger partial charge is 0.272 e. The average molecular weight is 251 g/mol. The van der Waals surface area contributed by atoms with Crippen molar-refractivity contribution in [3.63, 3.8) is 0 Å². The standard InChI is InChI=1S/C12H21N5O/c1-8(2)4-5-9(3)14-12(18)10-6-7-11(15-13)17-16-10/h6-9H,4-5,13H2,1-3H3,(H,14,18)(H,15,17). The van der Waals surface area contributed by atoms with Crippen LogP contribution in [-0.2, 0) is 0 Å². The first-order valence-electron chi connectivity index (χ1n) is 6.14. The Kier molecular flexibility index (Phi) is 5.51. The van der Waals surface area contributed by atoms with Crippen molar-refractivity contribution < 1.29 is 4.79 Å². The van der Waals surface area contributed by atoms with Crippen LogP contribution >= 0.6 is 0 Å². The van der Waals surface area contributed by atoms with Gasteiger partial charge in [0.1, 0.15) is 0 Å². The number of nitrogens with two attached hydrogens (primary N) is 1. The minimum atomic E-state index is -0.206. The van der Waals surface area contributed by atoms with E-state index in [1.807, 2.05) is 6.92 Å². The molecule has 0 aliphatic rings. The highest BCUT2D eigenvalue weighted by atomic mass is 16.2. The Morgan fingerprint density at radius 3 is 2.50 bits per heavy atom. The zero-order chi connectivity index (χ0) is 13.5. The summed E-state index contributed by atoms with van der Waals surface area (Å²) < 4.78 is 0. The van der Waals surface area contributed by atoms with Crippen molar-refractivity contribution in [3.05, 3.63) is 17.8 Å². The van der Waals surface area contributed by atoms with Gasteiger partial charge in [-0.05, 0) is 37.8 Å². The van der Waals surface area contributed by atoms with Gasteiger partial charge in [-0.3, -0.25) is 4.79 Å². The summed E-state index contributed by atoms with van der Waals surface area (Å²) in [5.41, 5.74) is 2.66. The maximum atomic E-state index is 11.8. The number of hydrazine groups is 1. The molecule has 0 saturated heterocycles. The van der Waals surface area contributed by atoms with Crippen LogP contribution < -0.4 is 16.6 Å². The van der Waals surface area contributed by atoms with Gasteiger partial charge in [-0.15, -0.1) is 10.2 Å². The third kappa shape index (κ3) is 4.67. The minimum Gasteiger partial charge on any atom is -0.348 e. The van der Waals surface area contributed by atoms with E-state index >= 15 is 0 Å². The van der Waals surface area contributed by atoms with Gasteiger partial charge in [0.25, 0.3) is 5.91 Å². The van der Waals surface area contributed by atoms with Gasteiger partial charge in [-0.1, -0.05) is 13.8 Å². The molecule has 1 aromatic heterocycles. The molecule has 18 heavy (non-hydrogen) atoms. The zero-order valence-electron chi connectivity index (χ0n) is 11.1. The van der Waals surface area contributed by atoms with Crippen LogP contribution in [0.2, 0.25) is 0 Å². The summed E-state index contributed by atoms with van der Waals surface area (Å²) in [6, 6.07) is 3.34. The summed E-state index contributed by atoms with van der Waals surface area (Å²) in [5.74, 6) is 6.03. The number of carbonyl (C=O) groups is 1. The van der Waals surface area contributed by atoms with E-state index in [4.69, 9.17) is 5.84 Å². The number of hydrogen-bond acceptors (Lipinski definition) is 5. The number of carbonyl (C=O) groups excluding carboxylic acids is 1. The molecule has 0 radical (unpaired) electrons. The fourth-order valence-electron chi connectivity index (χ4n) is 1.48. The first kappa shape index (κ1) is 14.4. The summed E-state index contributed by atoms with van der Waals surface area (Å²) in [6.45, 7) is 6.32. The van der Waals surface area contributed by atoms with Crippen LogP contribution in [0.25, 0.3) is 0 Å². The fraction of sp³-hybridized carbons (Fsp3) is 0.583. The molecule has 0 aliphatic heterocycles. The van der Waals surface area contributed by atoms with Crippen molar-refractivity contribution in [2.24, 2.45) is 11.8 Å². The van der Waals surface area contributed by atoms with Crippen molar-refractivity contribution in [1.29, 1.82) is 0 Å². The first-order chi connectivity index (χ1) is 8.52. The number of hydrogen-bond donors (Lipinski definition) is 3. The van der Waals surface area contributed by atoms with Crippen LogP contribution in [0.4, 0.5) is 5.82 Å². The highest BCUT2D eigenvalue weighted by Crippen LogP contribution is 2.07. The van der Waals surface area contributed by atoms with Gasteiger partial charge in [0.15, 0.2) is 11.5 Å². The summed E-state index contributed by atoms with van der Waals surface area (Å²) in [6.07, 6.45) is 2.04. The van der Waals surface area contributed by atoms with Crippen molar-refractivity contribution >= 4 is 11.7 Å². The summed E-state index contributed by atoms with van der Waals surface area (Å²) in [4.78, 5) is 11.8. The molecule has 0 bridgehead atoms. The minimum absolute atomic E-state index is 0.133. The van der Waals surface area contributed by atoms with Crippen LogP contribution in [0.3, 0.4) is 0 Å². The molecular weight excluding hydrogens is 230 g/mol. The lowest BCUT2D eigenvalue weighted by Gasteiger charge is -2.14. The maximum absolute atomic E-state index is 11.8. The molecule has 6 nitrogen and oxygen atoms in total. The Bertz CT molecular complexity index is 377. The second kappa shape index (κ2) is 6.90. The predicted molar refractivity (Wildman–Crippen MR) is 70.8 cm³/mol. The Hall–Kier alpha value is -1.69. The Balaban J connectivity index is 2.48. The van der Waals surface area contributed by atoms with Gasteiger partial charge in [0.2, 0.25) is 0 Å². The zero-order valence-corrected chi connectivity index (χ0v) is 11.1. The normalized spacial score (nSPS) is 12.3. The van der Waals surface area contributed by atoms with E-state index in [-0.39, 0.29) is 11.9 Å². The molecular formula is C12H21N5O.